The molecule has 0 heterocycles. The van der Waals surface area contributed by atoms with Gasteiger partial charge in [-0.25, -0.2) is 0 Å². The molecule has 0 aliphatic heterocycles. The maximum Gasteiger partial charge on any atom is 0.267 e. The van der Waals surface area contributed by atoms with E-state index < -0.39 is 22.5 Å². The Hall–Kier alpha value is -2.09. The van der Waals surface area contributed by atoms with Gasteiger partial charge < -0.3 is 14.6 Å². The van der Waals surface area contributed by atoms with E-state index in [9.17, 15) is 8.42 Å². The highest BCUT2D eigenvalue weighted by molar-refractivity contribution is 7.85. The molecule has 0 radical (unpaired) electrons. The molecule has 6 nitrogen and oxygen atoms in total. The molecule has 0 atom stereocenters. The average Bonchev–Trinajstić information content (AvgIpc) is 2.63. The number of aliphatic hydroxyl groups excluding tert-OH is 1. The zero-order chi connectivity index (χ0) is 20.0. The lowest BCUT2D eigenvalue weighted by Crippen LogP contribution is -2.23. The number of aliphatic hydroxyl groups is 1. The summed E-state index contributed by atoms with van der Waals surface area (Å²) in [6.45, 7) is 1.67. The first-order valence-corrected chi connectivity index (χ1v) is 10.5. The van der Waals surface area contributed by atoms with Crippen molar-refractivity contribution >= 4 is 10.1 Å². The summed E-state index contributed by atoms with van der Waals surface area (Å²) in [4.78, 5) is 0. The molecular weight excluding hydrogens is 368 g/mol. The molecule has 0 aliphatic carbocycles. The van der Waals surface area contributed by atoms with Crippen molar-refractivity contribution in [1.29, 1.82) is 0 Å². The molecule has 0 fully saturated rings. The van der Waals surface area contributed by atoms with E-state index in [1.165, 1.54) is 12.8 Å². The van der Waals surface area contributed by atoms with Crippen molar-refractivity contribution in [3.8, 4) is 11.5 Å². The minimum absolute atomic E-state index is 0.230. The standard InChI is InChI=1S/C18H22O2.C2H6O4S/c1-2-3-6-15-18(19-16-11-7-4-8-12-16)20-17-13-9-5-10-14-17;3-1-2-7(4,5)6/h4-5,7-14,18H,2-3,6,15H2,1H3;3H,1-2H2,(H,4,5,6). The van der Waals surface area contributed by atoms with E-state index in [2.05, 4.69) is 6.92 Å². The lowest BCUT2D eigenvalue weighted by molar-refractivity contribution is -0.00236. The van der Waals surface area contributed by atoms with Gasteiger partial charge in [0.15, 0.2) is 0 Å². The molecule has 0 saturated heterocycles. The fraction of sp³-hybridized carbons (Fsp3) is 0.400. The van der Waals surface area contributed by atoms with Gasteiger partial charge in [0.25, 0.3) is 10.1 Å². The van der Waals surface area contributed by atoms with Crippen molar-refractivity contribution in [2.45, 2.75) is 38.9 Å². The molecule has 0 aromatic heterocycles. The van der Waals surface area contributed by atoms with Crippen LogP contribution in [0.1, 0.15) is 32.6 Å². The molecule has 7 heteroatoms. The van der Waals surface area contributed by atoms with Gasteiger partial charge in [0.05, 0.1) is 12.4 Å². The first-order valence-electron chi connectivity index (χ1n) is 8.94. The number of rotatable bonds is 10. The predicted octanol–water partition coefficient (Wildman–Crippen LogP) is 3.92. The molecule has 2 N–H and O–H groups in total. The quantitative estimate of drug-likeness (QED) is 0.359. The Morgan fingerprint density at radius 1 is 0.889 bits per heavy atom. The van der Waals surface area contributed by atoms with Crippen LogP contribution in [0.4, 0.5) is 0 Å². The predicted molar refractivity (Wildman–Crippen MR) is 106 cm³/mol. The normalized spacial score (nSPS) is 10.8. The van der Waals surface area contributed by atoms with Crippen LogP contribution in [0.5, 0.6) is 11.5 Å². The molecule has 0 amide bonds. The number of unbranched alkanes of at least 4 members (excludes halogenated alkanes) is 2. The smallest absolute Gasteiger partial charge is 0.267 e. The fourth-order valence-electron chi connectivity index (χ4n) is 2.12. The summed E-state index contributed by atoms with van der Waals surface area (Å²) in [7, 11) is -3.92. The molecule has 2 rings (SSSR count). The zero-order valence-electron chi connectivity index (χ0n) is 15.5. The number of benzene rings is 2. The van der Waals surface area contributed by atoms with Crippen molar-refractivity contribution < 1.29 is 27.6 Å². The molecule has 0 aliphatic rings. The van der Waals surface area contributed by atoms with Gasteiger partial charge in [-0.3, -0.25) is 4.55 Å². The highest BCUT2D eigenvalue weighted by atomic mass is 32.2. The van der Waals surface area contributed by atoms with E-state index >= 15 is 0 Å². The molecule has 0 saturated carbocycles. The van der Waals surface area contributed by atoms with Crippen molar-refractivity contribution in [1.82, 2.24) is 0 Å². The average molecular weight is 397 g/mol. The highest BCUT2D eigenvalue weighted by Crippen LogP contribution is 2.19. The Kier molecular flexibility index (Phi) is 11.2. The van der Waals surface area contributed by atoms with Crippen molar-refractivity contribution in [3.63, 3.8) is 0 Å². The molecule has 2 aromatic rings. The van der Waals surface area contributed by atoms with E-state index in [0.29, 0.717) is 0 Å². The lowest BCUT2D eigenvalue weighted by atomic mass is 10.2. The summed E-state index contributed by atoms with van der Waals surface area (Å²) in [6.07, 6.45) is 4.18. The van der Waals surface area contributed by atoms with Crippen molar-refractivity contribution in [2.24, 2.45) is 0 Å². The second-order valence-electron chi connectivity index (χ2n) is 5.80. The van der Waals surface area contributed by atoms with E-state index in [1.54, 1.807) is 0 Å². The summed E-state index contributed by atoms with van der Waals surface area (Å²) < 4.78 is 39.0. The zero-order valence-corrected chi connectivity index (χ0v) is 16.3. The summed E-state index contributed by atoms with van der Waals surface area (Å²) >= 11 is 0. The lowest BCUT2D eigenvalue weighted by Gasteiger charge is -2.20. The van der Waals surface area contributed by atoms with Gasteiger partial charge in [0.2, 0.25) is 6.29 Å². The van der Waals surface area contributed by atoms with E-state index in [4.69, 9.17) is 19.1 Å². The van der Waals surface area contributed by atoms with Gasteiger partial charge in [0.1, 0.15) is 11.5 Å². The fourth-order valence-corrected chi connectivity index (χ4v) is 2.35. The van der Waals surface area contributed by atoms with Gasteiger partial charge in [-0.15, -0.1) is 0 Å². The Labute approximate surface area is 161 Å². The Morgan fingerprint density at radius 3 is 1.70 bits per heavy atom. The van der Waals surface area contributed by atoms with Crippen LogP contribution in [0.2, 0.25) is 0 Å². The van der Waals surface area contributed by atoms with Gasteiger partial charge in [-0.05, 0) is 30.7 Å². The SMILES string of the molecule is CCCCCC(Oc1ccccc1)Oc1ccccc1.O=S(=O)(O)CCO. The first kappa shape index (κ1) is 23.0. The van der Waals surface area contributed by atoms with Crippen LogP contribution in [0.3, 0.4) is 0 Å². The molecule has 2 aromatic carbocycles. The third-order valence-corrected chi connectivity index (χ3v) is 4.11. The van der Waals surface area contributed by atoms with Gasteiger partial charge in [0, 0.05) is 6.42 Å². The number of hydrogen-bond acceptors (Lipinski definition) is 5. The molecule has 0 spiro atoms. The van der Waals surface area contributed by atoms with Crippen LogP contribution in [0.25, 0.3) is 0 Å². The third kappa shape index (κ3) is 12.0. The molecular formula is C20H28O6S. The molecule has 27 heavy (non-hydrogen) atoms. The number of ether oxygens (including phenoxy) is 2. The monoisotopic (exact) mass is 396 g/mol. The van der Waals surface area contributed by atoms with Crippen molar-refractivity contribution in [2.75, 3.05) is 12.4 Å². The van der Waals surface area contributed by atoms with Crippen LogP contribution in [-0.2, 0) is 10.1 Å². The summed E-state index contributed by atoms with van der Waals surface area (Å²) in [5, 5.41) is 7.86. The summed E-state index contributed by atoms with van der Waals surface area (Å²) in [5.74, 6) is 1.13. The van der Waals surface area contributed by atoms with Crippen LogP contribution in [0, 0.1) is 0 Å². The molecule has 150 valence electrons. The number of hydrogen-bond donors (Lipinski definition) is 2. The van der Waals surface area contributed by atoms with E-state index in [-0.39, 0.29) is 6.29 Å². The second kappa shape index (κ2) is 13.1. The summed E-state index contributed by atoms with van der Waals surface area (Å²) in [6, 6.07) is 19.7. The Bertz CT molecular complexity index is 662. The minimum Gasteiger partial charge on any atom is -0.455 e. The Morgan fingerprint density at radius 2 is 1.37 bits per heavy atom. The van der Waals surface area contributed by atoms with Gasteiger partial charge >= 0.3 is 0 Å². The third-order valence-electron chi connectivity index (χ3n) is 3.41. The summed E-state index contributed by atoms with van der Waals surface area (Å²) in [5.41, 5.74) is 0. The van der Waals surface area contributed by atoms with Crippen molar-refractivity contribution in [3.05, 3.63) is 60.7 Å². The van der Waals surface area contributed by atoms with Crippen LogP contribution >= 0.6 is 0 Å². The maximum atomic E-state index is 9.63. The van der Waals surface area contributed by atoms with Crippen LogP contribution in [0.15, 0.2) is 60.7 Å². The molecule has 0 unspecified atom stereocenters. The van der Waals surface area contributed by atoms with Crippen LogP contribution < -0.4 is 9.47 Å². The van der Waals surface area contributed by atoms with E-state index in [0.717, 1.165) is 24.3 Å². The largest absolute Gasteiger partial charge is 0.455 e. The Balaban J connectivity index is 0.000000445. The first-order chi connectivity index (χ1) is 12.9. The molecule has 0 bridgehead atoms. The minimum atomic E-state index is -3.92. The second-order valence-corrected chi connectivity index (χ2v) is 7.37. The maximum absolute atomic E-state index is 9.63. The van der Waals surface area contributed by atoms with Gasteiger partial charge in [-0.2, -0.15) is 8.42 Å². The van der Waals surface area contributed by atoms with E-state index in [1.807, 2.05) is 60.7 Å². The van der Waals surface area contributed by atoms with Crippen LogP contribution in [-0.4, -0.2) is 36.7 Å². The highest BCUT2D eigenvalue weighted by Gasteiger charge is 2.12. The van der Waals surface area contributed by atoms with Gasteiger partial charge in [-0.1, -0.05) is 56.2 Å². The number of para-hydroxylation sites is 2. The topological polar surface area (TPSA) is 93.1 Å².